The van der Waals surface area contributed by atoms with Gasteiger partial charge in [-0.3, -0.25) is 0 Å². The van der Waals surface area contributed by atoms with Crippen molar-refractivity contribution in [2.75, 3.05) is 6.54 Å². The maximum absolute atomic E-state index is 6.16. The van der Waals surface area contributed by atoms with Crippen molar-refractivity contribution in [2.24, 2.45) is 11.8 Å². The molecule has 4 heteroatoms. The minimum Gasteiger partial charge on any atom is -0.309 e. The van der Waals surface area contributed by atoms with E-state index in [0.717, 1.165) is 27.2 Å². The molecule has 0 aliphatic heterocycles. The number of halogens is 2. The molecular weight excluding hydrogens is 318 g/mol. The second kappa shape index (κ2) is 6.05. The molecule has 1 saturated carbocycles. The summed E-state index contributed by atoms with van der Waals surface area (Å²) in [7, 11) is 0. The van der Waals surface area contributed by atoms with Gasteiger partial charge in [0.1, 0.15) is 4.34 Å². The van der Waals surface area contributed by atoms with Gasteiger partial charge in [0, 0.05) is 15.4 Å². The first-order chi connectivity index (χ1) is 8.13. The molecule has 3 atom stereocenters. The van der Waals surface area contributed by atoms with E-state index < -0.39 is 0 Å². The van der Waals surface area contributed by atoms with Crippen LogP contribution in [0.3, 0.4) is 0 Å². The Labute approximate surface area is 121 Å². The van der Waals surface area contributed by atoms with E-state index in [1.54, 1.807) is 11.3 Å². The molecule has 1 N–H and O–H groups in total. The molecule has 17 heavy (non-hydrogen) atoms. The summed E-state index contributed by atoms with van der Waals surface area (Å²) < 4.78 is 1.90. The van der Waals surface area contributed by atoms with Gasteiger partial charge in [0.15, 0.2) is 0 Å². The smallest absolute Gasteiger partial charge is 0.107 e. The Morgan fingerprint density at radius 2 is 2.35 bits per heavy atom. The molecule has 2 rings (SSSR count). The first kappa shape index (κ1) is 13.9. The van der Waals surface area contributed by atoms with Crippen LogP contribution in [-0.2, 0) is 0 Å². The maximum Gasteiger partial charge on any atom is 0.107 e. The molecule has 0 amide bonds. The zero-order valence-electron chi connectivity index (χ0n) is 10.3. The monoisotopic (exact) mass is 335 g/mol. The summed E-state index contributed by atoms with van der Waals surface area (Å²) in [5, 5.41) is 3.64. The zero-order chi connectivity index (χ0) is 12.4. The zero-order valence-corrected chi connectivity index (χ0v) is 13.5. The summed E-state index contributed by atoms with van der Waals surface area (Å²) in [6.45, 7) is 5.57. The lowest BCUT2D eigenvalue weighted by molar-refractivity contribution is 0.309. The number of rotatable bonds is 4. The van der Waals surface area contributed by atoms with E-state index in [1.807, 2.05) is 0 Å². The van der Waals surface area contributed by atoms with Gasteiger partial charge >= 0.3 is 0 Å². The summed E-state index contributed by atoms with van der Waals surface area (Å²) in [6.07, 6.45) is 4.08. The highest BCUT2D eigenvalue weighted by Gasteiger charge is 2.32. The summed E-state index contributed by atoms with van der Waals surface area (Å²) in [4.78, 5) is 1.38. The Balaban J connectivity index is 2.21. The van der Waals surface area contributed by atoms with Crippen molar-refractivity contribution in [1.29, 1.82) is 0 Å². The Hall–Kier alpha value is 0.430. The lowest BCUT2D eigenvalue weighted by atomic mass is 9.89. The van der Waals surface area contributed by atoms with Crippen LogP contribution >= 0.6 is 38.9 Å². The van der Waals surface area contributed by atoms with Crippen molar-refractivity contribution in [3.63, 3.8) is 0 Å². The fourth-order valence-electron chi connectivity index (χ4n) is 2.87. The number of nitrogens with one attached hydrogen (secondary N) is 1. The summed E-state index contributed by atoms with van der Waals surface area (Å²) in [5.74, 6) is 1.58. The molecule has 0 aromatic carbocycles. The van der Waals surface area contributed by atoms with Gasteiger partial charge in [-0.1, -0.05) is 38.3 Å². The quantitative estimate of drug-likeness (QED) is 0.791. The molecule has 1 aromatic heterocycles. The average Bonchev–Trinajstić information content (AvgIpc) is 2.83. The minimum atomic E-state index is 0.478. The van der Waals surface area contributed by atoms with Gasteiger partial charge < -0.3 is 5.32 Å². The summed E-state index contributed by atoms with van der Waals surface area (Å²) in [6, 6.07) is 2.66. The largest absolute Gasteiger partial charge is 0.309 e. The molecule has 1 fully saturated rings. The normalized spacial score (nSPS) is 26.4. The molecule has 1 aromatic rings. The van der Waals surface area contributed by atoms with Crippen molar-refractivity contribution < 1.29 is 0 Å². The molecular formula is C13H19BrClNS. The predicted octanol–water partition coefficient (Wildman–Crippen LogP) is 5.25. The molecule has 96 valence electrons. The molecule has 1 aliphatic carbocycles. The number of hydrogen-bond acceptors (Lipinski definition) is 2. The second-order valence-electron chi connectivity index (χ2n) is 4.88. The van der Waals surface area contributed by atoms with Gasteiger partial charge in [-0.25, -0.2) is 0 Å². The van der Waals surface area contributed by atoms with Crippen LogP contribution < -0.4 is 5.32 Å². The minimum absolute atomic E-state index is 0.478. The van der Waals surface area contributed by atoms with E-state index in [1.165, 1.54) is 24.1 Å². The standard InChI is InChI=1S/C13H19BrClNS/c1-3-16-12(9-6-4-5-8(9)2)11-7-10(14)13(15)17-11/h7-9,12,16H,3-6H2,1-2H3. The van der Waals surface area contributed by atoms with Crippen LogP contribution in [0.5, 0.6) is 0 Å². The van der Waals surface area contributed by atoms with Crippen molar-refractivity contribution in [3.05, 3.63) is 19.8 Å². The Morgan fingerprint density at radius 1 is 1.59 bits per heavy atom. The second-order valence-corrected chi connectivity index (χ2v) is 7.42. The predicted molar refractivity (Wildman–Crippen MR) is 80.0 cm³/mol. The maximum atomic E-state index is 6.16. The topological polar surface area (TPSA) is 12.0 Å². The van der Waals surface area contributed by atoms with Crippen molar-refractivity contribution in [1.82, 2.24) is 5.32 Å². The molecule has 0 bridgehead atoms. The van der Waals surface area contributed by atoms with Crippen LogP contribution in [0.25, 0.3) is 0 Å². The molecule has 1 aliphatic rings. The fraction of sp³-hybridized carbons (Fsp3) is 0.692. The van der Waals surface area contributed by atoms with E-state index in [4.69, 9.17) is 11.6 Å². The van der Waals surface area contributed by atoms with Gasteiger partial charge in [-0.2, -0.15) is 0 Å². The van der Waals surface area contributed by atoms with Crippen molar-refractivity contribution in [3.8, 4) is 0 Å². The lowest BCUT2D eigenvalue weighted by Gasteiger charge is -2.26. The molecule has 0 radical (unpaired) electrons. The molecule has 0 spiro atoms. The van der Waals surface area contributed by atoms with E-state index >= 15 is 0 Å². The van der Waals surface area contributed by atoms with E-state index in [-0.39, 0.29) is 0 Å². The number of hydrogen-bond donors (Lipinski definition) is 1. The molecule has 0 saturated heterocycles. The van der Waals surface area contributed by atoms with Crippen LogP contribution in [0.2, 0.25) is 4.34 Å². The highest BCUT2D eigenvalue weighted by molar-refractivity contribution is 9.10. The van der Waals surface area contributed by atoms with Gasteiger partial charge in [-0.05, 0) is 46.8 Å². The van der Waals surface area contributed by atoms with Crippen LogP contribution in [0.1, 0.15) is 44.0 Å². The Bertz CT molecular complexity index is 360. The molecule has 1 heterocycles. The van der Waals surface area contributed by atoms with Crippen LogP contribution in [0.15, 0.2) is 10.5 Å². The van der Waals surface area contributed by atoms with Gasteiger partial charge in [0.2, 0.25) is 0 Å². The van der Waals surface area contributed by atoms with E-state index in [9.17, 15) is 0 Å². The summed E-state index contributed by atoms with van der Waals surface area (Å²) in [5.41, 5.74) is 0. The first-order valence-corrected chi connectivity index (χ1v) is 8.30. The summed E-state index contributed by atoms with van der Waals surface area (Å²) >= 11 is 11.4. The van der Waals surface area contributed by atoms with Gasteiger partial charge in [-0.15, -0.1) is 11.3 Å². The third-order valence-corrected chi connectivity index (χ3v) is 6.31. The SMILES string of the molecule is CCNC(c1cc(Br)c(Cl)s1)C1CCCC1C. The third kappa shape index (κ3) is 3.06. The molecule has 1 nitrogen and oxygen atoms in total. The third-order valence-electron chi connectivity index (χ3n) is 3.75. The molecule has 3 unspecified atom stereocenters. The van der Waals surface area contributed by atoms with Crippen LogP contribution in [-0.4, -0.2) is 6.54 Å². The first-order valence-electron chi connectivity index (χ1n) is 6.31. The number of thiophene rings is 1. The average molecular weight is 337 g/mol. The van der Waals surface area contributed by atoms with Crippen LogP contribution in [0.4, 0.5) is 0 Å². The van der Waals surface area contributed by atoms with Crippen molar-refractivity contribution >= 4 is 38.9 Å². The van der Waals surface area contributed by atoms with Gasteiger partial charge in [0.25, 0.3) is 0 Å². The van der Waals surface area contributed by atoms with Crippen molar-refractivity contribution in [2.45, 2.75) is 39.2 Å². The van der Waals surface area contributed by atoms with Gasteiger partial charge in [0.05, 0.1) is 0 Å². The fourth-order valence-corrected chi connectivity index (χ4v) is 4.76. The highest BCUT2D eigenvalue weighted by atomic mass is 79.9. The highest BCUT2D eigenvalue weighted by Crippen LogP contribution is 2.44. The Kier molecular flexibility index (Phi) is 4.93. The lowest BCUT2D eigenvalue weighted by Crippen LogP contribution is -2.28. The van der Waals surface area contributed by atoms with E-state index in [0.29, 0.717) is 6.04 Å². The Morgan fingerprint density at radius 3 is 2.82 bits per heavy atom. The van der Waals surface area contributed by atoms with Crippen LogP contribution in [0, 0.1) is 11.8 Å². The van der Waals surface area contributed by atoms with E-state index in [2.05, 4.69) is 41.2 Å².